The Morgan fingerprint density at radius 1 is 1.29 bits per heavy atom. The van der Waals surface area contributed by atoms with E-state index in [1.165, 1.54) is 43.5 Å². The van der Waals surface area contributed by atoms with Crippen molar-refractivity contribution in [2.24, 2.45) is 17.8 Å². The minimum absolute atomic E-state index is 0.529. The van der Waals surface area contributed by atoms with E-state index in [-0.39, 0.29) is 0 Å². The van der Waals surface area contributed by atoms with Gasteiger partial charge in [0.1, 0.15) is 7.85 Å². The van der Waals surface area contributed by atoms with Crippen molar-refractivity contribution in [1.29, 1.82) is 0 Å². The van der Waals surface area contributed by atoms with Gasteiger partial charge in [0.15, 0.2) is 0 Å². The first-order valence-corrected chi connectivity index (χ1v) is 9.46. The molecule has 0 aromatic carbocycles. The molecule has 0 aromatic rings. The lowest BCUT2D eigenvalue weighted by molar-refractivity contribution is 0.207. The maximum atomic E-state index is 5.70. The average molecular weight is 307 g/mol. The highest BCUT2D eigenvalue weighted by Gasteiger charge is 2.41. The Bertz CT molecular complexity index is 381. The molecule has 1 saturated carbocycles. The van der Waals surface area contributed by atoms with Gasteiger partial charge in [0.05, 0.1) is 4.99 Å². The molecular weight excluding hydrogens is 273 g/mol. The van der Waals surface area contributed by atoms with Gasteiger partial charge in [-0.2, -0.15) is 0 Å². The number of fused-ring (bicyclic) bond motifs is 1. The van der Waals surface area contributed by atoms with E-state index in [0.29, 0.717) is 11.4 Å². The predicted molar refractivity (Wildman–Crippen MR) is 99.8 cm³/mol. The Morgan fingerprint density at radius 3 is 2.52 bits per heavy atom. The molecule has 1 nitrogen and oxygen atoms in total. The van der Waals surface area contributed by atoms with Gasteiger partial charge in [-0.15, -0.1) is 0 Å². The molecule has 0 bridgehead atoms. The van der Waals surface area contributed by atoms with Crippen LogP contribution < -0.4 is 0 Å². The van der Waals surface area contributed by atoms with Gasteiger partial charge >= 0.3 is 0 Å². The van der Waals surface area contributed by atoms with Crippen LogP contribution >= 0.6 is 12.2 Å². The summed E-state index contributed by atoms with van der Waals surface area (Å²) in [5.41, 5.74) is 0. The van der Waals surface area contributed by atoms with Crippen molar-refractivity contribution in [3.63, 3.8) is 0 Å². The number of rotatable bonds is 2. The smallest absolute Gasteiger partial charge is 0.109 e. The second kappa shape index (κ2) is 6.60. The molecule has 4 atom stereocenters. The first kappa shape index (κ1) is 17.3. The zero-order valence-electron chi connectivity index (χ0n) is 15.0. The van der Waals surface area contributed by atoms with Crippen LogP contribution in [0.25, 0.3) is 0 Å². The van der Waals surface area contributed by atoms with Crippen molar-refractivity contribution >= 4 is 25.1 Å². The first-order chi connectivity index (χ1) is 9.74. The van der Waals surface area contributed by atoms with Gasteiger partial charge in [-0.05, 0) is 44.4 Å². The van der Waals surface area contributed by atoms with Crippen LogP contribution in [0.2, 0.25) is 5.31 Å². The summed E-state index contributed by atoms with van der Waals surface area (Å²) in [7, 11) is 2.53. The zero-order valence-corrected chi connectivity index (χ0v) is 15.8. The van der Waals surface area contributed by atoms with Crippen molar-refractivity contribution in [2.45, 2.75) is 90.5 Å². The maximum absolute atomic E-state index is 5.70. The van der Waals surface area contributed by atoms with Crippen LogP contribution in [0.3, 0.4) is 0 Å². The van der Waals surface area contributed by atoms with Gasteiger partial charge in [0.25, 0.3) is 0 Å². The van der Waals surface area contributed by atoms with E-state index in [1.54, 1.807) is 0 Å². The van der Waals surface area contributed by atoms with Crippen LogP contribution in [-0.4, -0.2) is 29.8 Å². The van der Waals surface area contributed by atoms with E-state index in [2.05, 4.69) is 47.4 Å². The van der Waals surface area contributed by atoms with Crippen LogP contribution in [0.15, 0.2) is 0 Å². The molecule has 0 amide bonds. The lowest BCUT2D eigenvalue weighted by atomic mass is 9.55. The highest BCUT2D eigenvalue weighted by Crippen LogP contribution is 2.48. The summed E-state index contributed by atoms with van der Waals surface area (Å²) in [5, 5.41) is 0.529. The minimum atomic E-state index is 0.529. The number of thiocarbonyl (C=S) groups is 1. The Labute approximate surface area is 138 Å². The molecule has 1 saturated heterocycles. The molecule has 0 spiro atoms. The zero-order chi connectivity index (χ0) is 15.8. The van der Waals surface area contributed by atoms with Crippen molar-refractivity contribution < 1.29 is 0 Å². The molecule has 1 aliphatic heterocycles. The molecule has 2 fully saturated rings. The summed E-state index contributed by atoms with van der Waals surface area (Å²) in [4.78, 5) is 3.81. The van der Waals surface area contributed by atoms with Crippen LogP contribution in [0.1, 0.15) is 73.1 Å². The van der Waals surface area contributed by atoms with Gasteiger partial charge in [0.2, 0.25) is 0 Å². The number of nitrogens with zero attached hydrogens (tertiary/aromatic N) is 1. The topological polar surface area (TPSA) is 3.24 Å². The summed E-state index contributed by atoms with van der Waals surface area (Å²) >= 11 is 5.70. The highest BCUT2D eigenvalue weighted by atomic mass is 32.1. The summed E-state index contributed by atoms with van der Waals surface area (Å²) in [5.74, 6) is 2.43. The fourth-order valence-electron chi connectivity index (χ4n) is 4.90. The van der Waals surface area contributed by atoms with E-state index >= 15 is 0 Å². The van der Waals surface area contributed by atoms with Gasteiger partial charge < -0.3 is 4.90 Å². The summed E-state index contributed by atoms with van der Waals surface area (Å²) in [6.07, 6.45) is 8.03. The molecular formula is C18H34BNS. The van der Waals surface area contributed by atoms with E-state index in [9.17, 15) is 0 Å². The monoisotopic (exact) mass is 307 g/mol. The van der Waals surface area contributed by atoms with Gasteiger partial charge in [-0.3, -0.25) is 0 Å². The highest BCUT2D eigenvalue weighted by molar-refractivity contribution is 7.80. The molecule has 1 heterocycles. The predicted octanol–water partition coefficient (Wildman–Crippen LogP) is 4.46. The molecule has 4 unspecified atom stereocenters. The molecule has 0 radical (unpaired) electrons. The Hall–Kier alpha value is -0.0451. The van der Waals surface area contributed by atoms with Crippen LogP contribution in [-0.2, 0) is 0 Å². The average Bonchev–Trinajstić information content (AvgIpc) is 2.66. The molecule has 120 valence electrons. The number of likely N-dealkylation sites (tertiary alicyclic amines) is 1. The van der Waals surface area contributed by atoms with Crippen molar-refractivity contribution in [3.8, 4) is 0 Å². The van der Waals surface area contributed by atoms with E-state index < -0.39 is 0 Å². The molecule has 1 aliphatic carbocycles. The second-order valence-electron chi connectivity index (χ2n) is 8.67. The molecule has 0 aromatic heterocycles. The summed E-state index contributed by atoms with van der Waals surface area (Å²) in [6.45, 7) is 11.9. The third-order valence-corrected chi connectivity index (χ3v) is 6.72. The molecule has 21 heavy (non-hydrogen) atoms. The fourth-order valence-corrected chi connectivity index (χ4v) is 5.46. The third kappa shape index (κ3) is 3.65. The quantitative estimate of drug-likeness (QED) is 0.547. The summed E-state index contributed by atoms with van der Waals surface area (Å²) in [6, 6.07) is 1.29. The SMILES string of the molecule is BC1(C(C)C)CCCC2C(CC(=S)N2C(C)C)CC(C)C1. The Balaban J connectivity index is 2.17. The third-order valence-electron chi connectivity index (χ3n) is 6.34. The van der Waals surface area contributed by atoms with Crippen molar-refractivity contribution in [3.05, 3.63) is 0 Å². The Morgan fingerprint density at radius 2 is 1.95 bits per heavy atom. The van der Waals surface area contributed by atoms with Crippen LogP contribution in [0.5, 0.6) is 0 Å². The van der Waals surface area contributed by atoms with E-state index in [1.807, 2.05) is 0 Å². The fraction of sp³-hybridized carbons (Fsp3) is 0.944. The normalized spacial score (nSPS) is 38.3. The number of hydrogen-bond donors (Lipinski definition) is 0. The first-order valence-electron chi connectivity index (χ1n) is 9.05. The number of hydrogen-bond acceptors (Lipinski definition) is 1. The van der Waals surface area contributed by atoms with Gasteiger partial charge in [-0.25, -0.2) is 0 Å². The summed E-state index contributed by atoms with van der Waals surface area (Å²) < 4.78 is 0. The largest absolute Gasteiger partial charge is 0.360 e. The van der Waals surface area contributed by atoms with Crippen LogP contribution in [0, 0.1) is 17.8 Å². The van der Waals surface area contributed by atoms with Crippen molar-refractivity contribution in [2.75, 3.05) is 0 Å². The molecule has 3 heteroatoms. The van der Waals surface area contributed by atoms with E-state index in [4.69, 9.17) is 12.2 Å². The van der Waals surface area contributed by atoms with E-state index in [0.717, 1.165) is 23.8 Å². The lowest BCUT2D eigenvalue weighted by Gasteiger charge is -2.36. The molecule has 2 rings (SSSR count). The second-order valence-corrected chi connectivity index (χ2v) is 9.14. The Kier molecular flexibility index (Phi) is 5.44. The molecule has 2 aliphatic rings. The lowest BCUT2D eigenvalue weighted by Crippen LogP contribution is -2.40. The van der Waals surface area contributed by atoms with Crippen molar-refractivity contribution in [1.82, 2.24) is 4.90 Å². The maximum Gasteiger partial charge on any atom is 0.109 e. The van der Waals surface area contributed by atoms with Crippen LogP contribution in [0.4, 0.5) is 0 Å². The minimum Gasteiger partial charge on any atom is -0.360 e. The molecule has 0 N–H and O–H groups in total. The standard InChI is InChI=1S/C18H34BNS/c1-12(2)18(19)8-6-7-16-15(9-14(5)11-18)10-17(21)20(16)13(3)4/h12-16H,6-11,19H2,1-5H3. The van der Waals surface area contributed by atoms with Gasteiger partial charge in [-0.1, -0.05) is 57.6 Å². The van der Waals surface area contributed by atoms with Gasteiger partial charge in [0, 0.05) is 18.5 Å².